The molecule has 148 valence electrons. The van der Waals surface area contributed by atoms with Gasteiger partial charge in [-0.1, -0.05) is 19.1 Å². The number of benzene rings is 1. The summed E-state index contributed by atoms with van der Waals surface area (Å²) in [5.74, 6) is -0.270. The number of nitrogens with zero attached hydrogens (tertiary/aromatic N) is 1. The summed E-state index contributed by atoms with van der Waals surface area (Å²) in [7, 11) is 0. The van der Waals surface area contributed by atoms with Crippen molar-refractivity contribution in [2.75, 3.05) is 44.3 Å². The van der Waals surface area contributed by atoms with Crippen molar-refractivity contribution >= 4 is 17.5 Å². The van der Waals surface area contributed by atoms with Crippen LogP contribution in [-0.2, 0) is 20.7 Å². The Morgan fingerprint density at radius 3 is 2.56 bits per heavy atom. The number of hydrogen-bond acceptors (Lipinski definition) is 3. The molecule has 2 aliphatic rings. The van der Waals surface area contributed by atoms with E-state index in [0.29, 0.717) is 13.1 Å². The van der Waals surface area contributed by atoms with E-state index in [0.717, 1.165) is 38.4 Å². The molecule has 6 heteroatoms. The lowest BCUT2D eigenvalue weighted by atomic mass is 10.0. The minimum atomic E-state index is -0.279. The van der Waals surface area contributed by atoms with Crippen molar-refractivity contribution in [3.05, 3.63) is 29.8 Å². The molecule has 2 saturated heterocycles. The van der Waals surface area contributed by atoms with Crippen LogP contribution in [0.25, 0.3) is 0 Å². The second kappa shape index (κ2) is 8.40. The molecule has 0 aliphatic carbocycles. The molecule has 0 aromatic heterocycles. The summed E-state index contributed by atoms with van der Waals surface area (Å²) in [6.07, 6.45) is 1.26. The van der Waals surface area contributed by atoms with Crippen molar-refractivity contribution in [3.63, 3.8) is 0 Å². The molecule has 2 N–H and O–H groups in total. The first-order chi connectivity index (χ1) is 12.9. The minimum Gasteiger partial charge on any atom is -0.370 e. The van der Waals surface area contributed by atoms with Gasteiger partial charge in [-0.05, 0) is 38.0 Å². The molecule has 1 aromatic carbocycles. The number of carbonyl (C=O) groups excluding carboxylic acids is 2. The fourth-order valence-corrected chi connectivity index (χ4v) is 3.92. The quantitative estimate of drug-likeness (QED) is 0.758. The lowest BCUT2D eigenvalue weighted by molar-refractivity contribution is -0.954. The van der Waals surface area contributed by atoms with E-state index in [1.165, 1.54) is 10.5 Å². The Hall–Kier alpha value is -1.92. The average molecular weight is 375 g/mol. The zero-order chi connectivity index (χ0) is 19.4. The standard InChI is InChI=1S/C21H31N3O3/c1-4-16-5-7-18(8-6-16)24-14-17(13-19(24)25)20(26)22-15-21(2,3)23-9-11-27-12-10-23/h5-8,17H,4,9-15H2,1-3H3,(H,22,26)/p+1/t17-/m1/s1. The highest BCUT2D eigenvalue weighted by atomic mass is 16.5. The topological polar surface area (TPSA) is 63.1 Å². The summed E-state index contributed by atoms with van der Waals surface area (Å²) in [6.45, 7) is 11.0. The van der Waals surface area contributed by atoms with Crippen molar-refractivity contribution in [2.45, 2.75) is 39.2 Å². The molecule has 0 spiro atoms. The summed E-state index contributed by atoms with van der Waals surface area (Å²) in [5.41, 5.74) is 2.08. The lowest BCUT2D eigenvalue weighted by Crippen LogP contribution is -3.22. The molecule has 0 radical (unpaired) electrons. The number of nitrogens with one attached hydrogen (secondary N) is 2. The lowest BCUT2D eigenvalue weighted by Gasteiger charge is -2.37. The van der Waals surface area contributed by atoms with Crippen LogP contribution >= 0.6 is 0 Å². The first-order valence-electron chi connectivity index (χ1n) is 10.0. The number of anilines is 1. The largest absolute Gasteiger partial charge is 0.370 e. The van der Waals surface area contributed by atoms with E-state index < -0.39 is 0 Å². The van der Waals surface area contributed by atoms with E-state index in [1.807, 2.05) is 24.3 Å². The maximum atomic E-state index is 12.7. The van der Waals surface area contributed by atoms with Gasteiger partial charge in [0.2, 0.25) is 11.8 Å². The van der Waals surface area contributed by atoms with Gasteiger partial charge in [-0.15, -0.1) is 0 Å². The predicted molar refractivity (Wildman–Crippen MR) is 105 cm³/mol. The number of ether oxygens (including phenoxy) is 1. The van der Waals surface area contributed by atoms with Crippen LogP contribution in [0.15, 0.2) is 24.3 Å². The maximum Gasteiger partial charge on any atom is 0.227 e. The second-order valence-electron chi connectivity index (χ2n) is 8.24. The molecule has 2 heterocycles. The molecule has 0 unspecified atom stereocenters. The van der Waals surface area contributed by atoms with E-state index in [1.54, 1.807) is 4.90 Å². The normalized spacial score (nSPS) is 21.5. The zero-order valence-corrected chi connectivity index (χ0v) is 16.7. The Balaban J connectivity index is 1.55. The summed E-state index contributed by atoms with van der Waals surface area (Å²) in [4.78, 5) is 28.3. The molecular weight excluding hydrogens is 342 g/mol. The molecule has 2 aliphatic heterocycles. The number of morpholine rings is 1. The molecule has 0 saturated carbocycles. The molecular formula is C21H32N3O3+. The van der Waals surface area contributed by atoms with Gasteiger partial charge in [0, 0.05) is 18.7 Å². The summed E-state index contributed by atoms with van der Waals surface area (Å²) in [5, 5.41) is 3.09. The van der Waals surface area contributed by atoms with Crippen molar-refractivity contribution in [3.8, 4) is 0 Å². The zero-order valence-electron chi connectivity index (χ0n) is 16.7. The Bertz CT molecular complexity index is 666. The Morgan fingerprint density at radius 2 is 1.93 bits per heavy atom. The van der Waals surface area contributed by atoms with E-state index in [-0.39, 0.29) is 29.7 Å². The van der Waals surface area contributed by atoms with Crippen molar-refractivity contribution < 1.29 is 19.2 Å². The first-order valence-corrected chi connectivity index (χ1v) is 10.0. The number of rotatable bonds is 6. The van der Waals surface area contributed by atoms with Crippen LogP contribution in [0.4, 0.5) is 5.69 Å². The predicted octanol–water partition coefficient (Wildman–Crippen LogP) is 0.412. The number of hydrogen-bond donors (Lipinski definition) is 2. The SMILES string of the molecule is CCc1ccc(N2C[C@H](C(=O)NCC(C)(C)[NH+]3CCOCC3)CC2=O)cc1. The van der Waals surface area contributed by atoms with Gasteiger partial charge < -0.3 is 19.9 Å². The summed E-state index contributed by atoms with van der Waals surface area (Å²) in [6, 6.07) is 8.04. The van der Waals surface area contributed by atoms with E-state index in [4.69, 9.17) is 4.74 Å². The summed E-state index contributed by atoms with van der Waals surface area (Å²) < 4.78 is 5.43. The van der Waals surface area contributed by atoms with Crippen LogP contribution < -0.4 is 15.1 Å². The van der Waals surface area contributed by atoms with Crippen LogP contribution in [-0.4, -0.2) is 56.7 Å². The monoisotopic (exact) mass is 374 g/mol. The van der Waals surface area contributed by atoms with Crippen LogP contribution in [0.2, 0.25) is 0 Å². The molecule has 6 nitrogen and oxygen atoms in total. The van der Waals surface area contributed by atoms with Gasteiger partial charge in [0.15, 0.2) is 0 Å². The summed E-state index contributed by atoms with van der Waals surface area (Å²) >= 11 is 0. The van der Waals surface area contributed by atoms with Gasteiger partial charge in [0.1, 0.15) is 18.6 Å². The number of aryl methyl sites for hydroxylation is 1. The highest BCUT2D eigenvalue weighted by Gasteiger charge is 2.37. The highest BCUT2D eigenvalue weighted by Crippen LogP contribution is 2.25. The molecule has 0 bridgehead atoms. The third-order valence-electron chi connectivity index (χ3n) is 5.91. The van der Waals surface area contributed by atoms with Gasteiger partial charge >= 0.3 is 0 Å². The van der Waals surface area contributed by atoms with Crippen LogP contribution in [0.5, 0.6) is 0 Å². The van der Waals surface area contributed by atoms with Crippen molar-refractivity contribution in [2.24, 2.45) is 5.92 Å². The molecule has 27 heavy (non-hydrogen) atoms. The fraction of sp³-hybridized carbons (Fsp3) is 0.619. The van der Waals surface area contributed by atoms with Gasteiger partial charge in [0.25, 0.3) is 0 Å². The fourth-order valence-electron chi connectivity index (χ4n) is 3.92. The van der Waals surface area contributed by atoms with Gasteiger partial charge in [-0.2, -0.15) is 0 Å². The molecule has 1 atom stereocenters. The molecule has 3 rings (SSSR count). The Kier molecular flexibility index (Phi) is 6.17. The van der Waals surface area contributed by atoms with E-state index in [9.17, 15) is 9.59 Å². The number of carbonyl (C=O) groups is 2. The smallest absolute Gasteiger partial charge is 0.227 e. The number of quaternary nitrogens is 1. The average Bonchev–Trinajstić information content (AvgIpc) is 3.08. The second-order valence-corrected chi connectivity index (χ2v) is 8.24. The van der Waals surface area contributed by atoms with E-state index >= 15 is 0 Å². The molecule has 2 amide bonds. The van der Waals surface area contributed by atoms with Crippen LogP contribution in [0.1, 0.15) is 32.8 Å². The third kappa shape index (κ3) is 4.68. The van der Waals surface area contributed by atoms with Crippen molar-refractivity contribution in [1.29, 1.82) is 0 Å². The molecule has 2 fully saturated rings. The van der Waals surface area contributed by atoms with Crippen LogP contribution in [0.3, 0.4) is 0 Å². The number of amides is 2. The van der Waals surface area contributed by atoms with E-state index in [2.05, 4.69) is 26.1 Å². The van der Waals surface area contributed by atoms with Gasteiger partial charge in [-0.3, -0.25) is 9.59 Å². The maximum absolute atomic E-state index is 12.7. The highest BCUT2D eigenvalue weighted by molar-refractivity contribution is 6.00. The Labute approximate surface area is 161 Å². The molecule has 1 aromatic rings. The van der Waals surface area contributed by atoms with Crippen LogP contribution in [0, 0.1) is 5.92 Å². The van der Waals surface area contributed by atoms with Crippen molar-refractivity contribution in [1.82, 2.24) is 5.32 Å². The minimum absolute atomic E-state index is 0.0169. The Morgan fingerprint density at radius 1 is 1.26 bits per heavy atom. The third-order valence-corrected chi connectivity index (χ3v) is 5.91. The van der Waals surface area contributed by atoms with Gasteiger partial charge in [-0.25, -0.2) is 0 Å². The first kappa shape index (κ1) is 19.8. The van der Waals surface area contributed by atoms with Gasteiger partial charge in [0.05, 0.1) is 25.7 Å².